The molecule has 0 N–H and O–H groups in total. The van der Waals surface area contributed by atoms with Crippen LogP contribution in [0.1, 0.15) is 118 Å². The molecule has 1 saturated carbocycles. The Bertz CT molecular complexity index is 259. The summed E-state index contributed by atoms with van der Waals surface area (Å²) in [6.07, 6.45) is 23.2. The van der Waals surface area contributed by atoms with Crippen molar-refractivity contribution in [2.45, 2.75) is 123 Å². The number of hydrogen-bond acceptors (Lipinski definition) is 0. The topological polar surface area (TPSA) is 0 Å². The van der Waals surface area contributed by atoms with Crippen molar-refractivity contribution in [1.82, 2.24) is 0 Å². The van der Waals surface area contributed by atoms with Crippen LogP contribution < -0.4 is 24.8 Å². The van der Waals surface area contributed by atoms with Crippen molar-refractivity contribution in [3.8, 4) is 0 Å². The van der Waals surface area contributed by atoms with Crippen molar-refractivity contribution in [2.24, 2.45) is 5.41 Å². The number of hydrogen-bond donors (Lipinski definition) is 0. The van der Waals surface area contributed by atoms with E-state index >= 15 is 0 Å². The van der Waals surface area contributed by atoms with Crippen LogP contribution in [0.3, 0.4) is 0 Å². The summed E-state index contributed by atoms with van der Waals surface area (Å²) in [5.74, 6) is 0. The van der Waals surface area contributed by atoms with Crippen molar-refractivity contribution in [3.05, 3.63) is 0 Å². The third kappa shape index (κ3) is 19.8. The summed E-state index contributed by atoms with van der Waals surface area (Å²) in [4.78, 5) is 0. The second-order valence-corrected chi connectivity index (χ2v) is 10.3. The van der Waals surface area contributed by atoms with Gasteiger partial charge in [-0.2, -0.15) is 0 Å². The van der Waals surface area contributed by atoms with E-state index in [1.165, 1.54) is 91.5 Å². The molecule has 0 radical (unpaired) electrons. The fraction of sp³-hybridized carbons (Fsp3) is 1.00. The zero-order valence-electron chi connectivity index (χ0n) is 18.7. The summed E-state index contributed by atoms with van der Waals surface area (Å²) in [5.41, 5.74) is 1.85. The Morgan fingerprint density at radius 3 is 1.78 bits per heavy atom. The largest absolute Gasteiger partial charge is 2.00 e. The van der Waals surface area contributed by atoms with Gasteiger partial charge >= 0.3 is 21.7 Å². The van der Waals surface area contributed by atoms with Crippen molar-refractivity contribution >= 4 is 17.8 Å². The van der Waals surface area contributed by atoms with Gasteiger partial charge in [-0.15, -0.1) is 17.8 Å². The van der Waals surface area contributed by atoms with Gasteiger partial charge in [-0.25, -0.2) is 0 Å². The van der Waals surface area contributed by atoms with Gasteiger partial charge in [0.15, 0.2) is 0 Å². The molecule has 164 valence electrons. The average Bonchev–Trinajstić information content (AvgIpc) is 2.60. The molecule has 3 atom stereocenters. The van der Waals surface area contributed by atoms with Crippen LogP contribution in [0.25, 0.3) is 0 Å². The fourth-order valence-corrected chi connectivity index (χ4v) is 6.35. The van der Waals surface area contributed by atoms with Crippen molar-refractivity contribution in [2.75, 3.05) is 12.3 Å². The summed E-state index contributed by atoms with van der Waals surface area (Å²) >= 11 is 0. The Labute approximate surface area is 204 Å². The van der Waals surface area contributed by atoms with Crippen LogP contribution in [0.5, 0.6) is 0 Å². The Balaban J connectivity index is -0.000000294. The maximum absolute atomic E-state index is 2.70. The Hall–Kier alpha value is 2.15. The quantitative estimate of drug-likeness (QED) is 0.223. The van der Waals surface area contributed by atoms with Crippen LogP contribution in [0.2, 0.25) is 0 Å². The first-order valence-electron chi connectivity index (χ1n) is 11.1. The first-order chi connectivity index (χ1) is 11.7. The van der Waals surface area contributed by atoms with E-state index in [0.717, 1.165) is 11.1 Å². The van der Waals surface area contributed by atoms with Crippen molar-refractivity contribution in [1.29, 1.82) is 0 Å². The molecule has 0 saturated heterocycles. The molecule has 3 unspecified atom stereocenters. The van der Waals surface area contributed by atoms with Crippen LogP contribution >= 0.6 is 17.8 Å². The van der Waals surface area contributed by atoms with Gasteiger partial charge in [0.25, 0.3) is 0 Å². The van der Waals surface area contributed by atoms with Crippen molar-refractivity contribution in [3.63, 3.8) is 0 Å². The monoisotopic (exact) mass is 492 g/mol. The van der Waals surface area contributed by atoms with E-state index in [1.807, 2.05) is 0 Å². The molecule has 0 heterocycles. The predicted octanol–water partition coefficient (Wildman–Crippen LogP) is 2.44. The molecule has 27 heavy (non-hydrogen) atoms. The van der Waals surface area contributed by atoms with Gasteiger partial charge in [0.05, 0.1) is 0 Å². The number of halogens is 2. The average molecular weight is 493 g/mol. The van der Waals surface area contributed by atoms with Crippen LogP contribution in [0.15, 0.2) is 0 Å². The second-order valence-electron chi connectivity index (χ2n) is 7.95. The van der Waals surface area contributed by atoms with E-state index in [4.69, 9.17) is 0 Å². The van der Waals surface area contributed by atoms with Gasteiger partial charge in [0.1, 0.15) is 0 Å². The smallest absolute Gasteiger partial charge is 1.00 e. The molecule has 1 rings (SSSR count). The van der Waals surface area contributed by atoms with E-state index in [0.29, 0.717) is 0 Å². The Kier molecular flexibility index (Phi) is 35.4. The van der Waals surface area contributed by atoms with Gasteiger partial charge < -0.3 is 24.8 Å². The molecule has 1 aliphatic carbocycles. The molecular weight excluding hydrogens is 445 g/mol. The predicted molar refractivity (Wildman–Crippen MR) is 121 cm³/mol. The maximum atomic E-state index is 2.70. The summed E-state index contributed by atoms with van der Waals surface area (Å²) in [7, 11) is 3.96. The van der Waals surface area contributed by atoms with E-state index in [-0.39, 0.29) is 46.5 Å². The van der Waals surface area contributed by atoms with Crippen LogP contribution in [0, 0.1) is 5.41 Å². The minimum Gasteiger partial charge on any atom is -1.00 e. The van der Waals surface area contributed by atoms with Gasteiger partial charge in [-0.3, -0.25) is 0 Å². The first kappa shape index (κ1) is 36.5. The zero-order valence-corrected chi connectivity index (χ0v) is 24.0. The summed E-state index contributed by atoms with van der Waals surface area (Å²) in [5, 5.41) is 0. The standard InChI is InChI=1S/C18H37P.C4H11P.2ClH.Ti/c1-4-7-12-18(13-8-5-2)14-10-11-17(16-18)19-15-9-6-3;1-2-3-4-5;;;/h17,19H,4-16H2,1-3H3;2-5H2,1H3;2*1H;/q;;;;+2/p-2. The summed E-state index contributed by atoms with van der Waals surface area (Å²) < 4.78 is 0. The van der Waals surface area contributed by atoms with E-state index in [9.17, 15) is 0 Å². The third-order valence-corrected chi connectivity index (χ3v) is 7.70. The molecule has 0 spiro atoms. The van der Waals surface area contributed by atoms with Crippen LogP contribution in [-0.2, 0) is 21.7 Å². The Morgan fingerprint density at radius 1 is 0.852 bits per heavy atom. The van der Waals surface area contributed by atoms with Gasteiger partial charge in [-0.1, -0.05) is 79.1 Å². The molecular formula is C22H48Cl2P2Ti. The molecule has 1 fully saturated rings. The molecule has 0 aromatic heterocycles. The number of unbranched alkanes of at least 4 members (excludes halogenated alkanes) is 4. The maximum Gasteiger partial charge on any atom is 2.00 e. The van der Waals surface area contributed by atoms with Crippen LogP contribution in [-0.4, -0.2) is 18.0 Å². The van der Waals surface area contributed by atoms with Gasteiger partial charge in [0.2, 0.25) is 0 Å². The fourth-order valence-electron chi connectivity index (χ4n) is 3.99. The number of rotatable bonds is 12. The normalized spacial score (nSPS) is 17.9. The molecule has 0 aromatic carbocycles. The van der Waals surface area contributed by atoms with E-state index < -0.39 is 0 Å². The van der Waals surface area contributed by atoms with E-state index in [1.54, 1.807) is 19.3 Å². The minimum absolute atomic E-state index is 0. The first-order valence-corrected chi connectivity index (χ1v) is 13.2. The second kappa shape index (κ2) is 26.2. The van der Waals surface area contributed by atoms with Crippen molar-refractivity contribution < 1.29 is 46.5 Å². The molecule has 5 heteroatoms. The SMILES string of the molecule is CCCCP.CCCCPC1CCCC(CCCC)(CCCC)C1.[Cl-].[Cl-].[Ti+2]. The molecule has 0 nitrogen and oxygen atoms in total. The Morgan fingerprint density at radius 2 is 1.37 bits per heavy atom. The molecule has 1 aliphatic rings. The minimum atomic E-state index is 0. The molecule has 0 bridgehead atoms. The summed E-state index contributed by atoms with van der Waals surface area (Å²) in [6.45, 7) is 9.25. The molecule has 0 aromatic rings. The van der Waals surface area contributed by atoms with E-state index in [2.05, 4.69) is 36.9 Å². The summed E-state index contributed by atoms with van der Waals surface area (Å²) in [6, 6.07) is 0. The van der Waals surface area contributed by atoms with Gasteiger partial charge in [0, 0.05) is 0 Å². The molecule has 0 amide bonds. The third-order valence-electron chi connectivity index (χ3n) is 5.58. The van der Waals surface area contributed by atoms with Crippen LogP contribution in [0.4, 0.5) is 0 Å². The zero-order chi connectivity index (χ0) is 18.1. The molecule has 0 aliphatic heterocycles. The van der Waals surface area contributed by atoms with Gasteiger partial charge in [-0.05, 0) is 61.9 Å².